The van der Waals surface area contributed by atoms with Crippen molar-refractivity contribution in [2.75, 3.05) is 7.11 Å². The first-order chi connectivity index (χ1) is 12.5. The summed E-state index contributed by atoms with van der Waals surface area (Å²) in [6, 6.07) is 11.9. The second kappa shape index (κ2) is 9.31. The third kappa shape index (κ3) is 5.70. The van der Waals surface area contributed by atoms with Crippen LogP contribution in [0.2, 0.25) is 0 Å². The monoisotopic (exact) mass is 355 g/mol. The van der Waals surface area contributed by atoms with Crippen molar-refractivity contribution in [3.05, 3.63) is 69.3 Å². The largest absolute Gasteiger partial charge is 0.496 e. The van der Waals surface area contributed by atoms with E-state index in [2.05, 4.69) is 16.6 Å². The van der Waals surface area contributed by atoms with Crippen LogP contribution in [0.25, 0.3) is 0 Å². The molecule has 7 nitrogen and oxygen atoms in total. The van der Waals surface area contributed by atoms with E-state index in [0.29, 0.717) is 18.4 Å². The topological polar surface area (TPSA) is 93.8 Å². The van der Waals surface area contributed by atoms with Crippen LogP contribution in [0.4, 0.5) is 5.69 Å². The number of carbonyl (C=O) groups excluding carboxylic acids is 1. The summed E-state index contributed by atoms with van der Waals surface area (Å²) in [4.78, 5) is 21.9. The smallest absolute Gasteiger partial charge is 0.269 e. The Labute approximate surface area is 151 Å². The Balaban J connectivity index is 1.74. The van der Waals surface area contributed by atoms with Crippen molar-refractivity contribution in [2.45, 2.75) is 26.2 Å². The van der Waals surface area contributed by atoms with Gasteiger partial charge in [0.25, 0.3) is 5.69 Å². The highest BCUT2D eigenvalue weighted by Crippen LogP contribution is 2.19. The number of nitro benzene ring substituents is 1. The van der Waals surface area contributed by atoms with Gasteiger partial charge in [0.1, 0.15) is 5.75 Å². The van der Waals surface area contributed by atoms with Crippen molar-refractivity contribution in [3.8, 4) is 5.75 Å². The number of rotatable bonds is 8. The minimum Gasteiger partial charge on any atom is -0.496 e. The number of hydrazone groups is 1. The molecular weight excluding hydrogens is 334 g/mol. The summed E-state index contributed by atoms with van der Waals surface area (Å²) < 4.78 is 5.23. The lowest BCUT2D eigenvalue weighted by atomic mass is 10.1. The molecule has 0 spiro atoms. The Kier molecular flexibility index (Phi) is 6.84. The Bertz CT molecular complexity index is 801. The van der Waals surface area contributed by atoms with E-state index in [4.69, 9.17) is 4.74 Å². The van der Waals surface area contributed by atoms with Gasteiger partial charge in [-0.1, -0.05) is 12.1 Å². The SMILES string of the molecule is COc1ccc(CCCC(=O)N/N=C/c2ccc([N+](=O)[O-])cc2)cc1C. The number of benzene rings is 2. The third-order valence-corrected chi connectivity index (χ3v) is 3.84. The van der Waals surface area contributed by atoms with E-state index < -0.39 is 4.92 Å². The Hall–Kier alpha value is -3.22. The van der Waals surface area contributed by atoms with Crippen LogP contribution in [0.15, 0.2) is 47.6 Å². The molecule has 0 heterocycles. The van der Waals surface area contributed by atoms with Crippen LogP contribution in [0, 0.1) is 17.0 Å². The van der Waals surface area contributed by atoms with Gasteiger partial charge in [-0.2, -0.15) is 5.10 Å². The van der Waals surface area contributed by atoms with E-state index in [-0.39, 0.29) is 11.6 Å². The summed E-state index contributed by atoms with van der Waals surface area (Å²) in [5.41, 5.74) is 5.38. The average molecular weight is 355 g/mol. The molecule has 2 rings (SSSR count). The van der Waals surface area contributed by atoms with Gasteiger partial charge < -0.3 is 4.74 Å². The zero-order chi connectivity index (χ0) is 18.9. The molecule has 0 aliphatic rings. The van der Waals surface area contributed by atoms with Gasteiger partial charge in [-0.15, -0.1) is 0 Å². The van der Waals surface area contributed by atoms with Gasteiger partial charge in [0.2, 0.25) is 5.91 Å². The summed E-state index contributed by atoms with van der Waals surface area (Å²) in [6.45, 7) is 1.99. The number of nitrogens with one attached hydrogen (secondary N) is 1. The van der Waals surface area contributed by atoms with Gasteiger partial charge in [0.05, 0.1) is 18.2 Å². The van der Waals surface area contributed by atoms with Crippen molar-refractivity contribution in [2.24, 2.45) is 5.10 Å². The molecule has 7 heteroatoms. The van der Waals surface area contributed by atoms with Crippen LogP contribution in [-0.4, -0.2) is 24.2 Å². The van der Waals surface area contributed by atoms with Crippen molar-refractivity contribution in [3.63, 3.8) is 0 Å². The highest BCUT2D eigenvalue weighted by Gasteiger charge is 2.04. The maximum atomic E-state index is 11.8. The third-order valence-electron chi connectivity index (χ3n) is 3.84. The molecule has 0 unspecified atom stereocenters. The molecule has 26 heavy (non-hydrogen) atoms. The quantitative estimate of drug-likeness (QED) is 0.446. The number of non-ortho nitro benzene ring substituents is 1. The predicted octanol–water partition coefficient (Wildman–Crippen LogP) is 3.38. The van der Waals surface area contributed by atoms with E-state index in [9.17, 15) is 14.9 Å². The molecule has 0 aromatic heterocycles. The van der Waals surface area contributed by atoms with Crippen molar-refractivity contribution < 1.29 is 14.5 Å². The van der Waals surface area contributed by atoms with Crippen LogP contribution in [0.1, 0.15) is 29.5 Å². The molecule has 0 aliphatic carbocycles. The first kappa shape index (κ1) is 19.1. The number of ether oxygens (including phenoxy) is 1. The fraction of sp³-hybridized carbons (Fsp3) is 0.263. The fourth-order valence-corrected chi connectivity index (χ4v) is 2.47. The molecule has 2 aromatic rings. The van der Waals surface area contributed by atoms with Crippen LogP contribution < -0.4 is 10.2 Å². The van der Waals surface area contributed by atoms with E-state index in [0.717, 1.165) is 23.3 Å². The number of hydrogen-bond acceptors (Lipinski definition) is 5. The number of nitro groups is 1. The first-order valence-corrected chi connectivity index (χ1v) is 8.19. The lowest BCUT2D eigenvalue weighted by Crippen LogP contribution is -2.17. The minimum absolute atomic E-state index is 0.0138. The lowest BCUT2D eigenvalue weighted by molar-refractivity contribution is -0.384. The second-order valence-corrected chi connectivity index (χ2v) is 5.80. The van der Waals surface area contributed by atoms with Gasteiger partial charge >= 0.3 is 0 Å². The summed E-state index contributed by atoms with van der Waals surface area (Å²) in [5, 5.41) is 14.4. The Morgan fingerprint density at radius 1 is 1.27 bits per heavy atom. The fourth-order valence-electron chi connectivity index (χ4n) is 2.47. The van der Waals surface area contributed by atoms with Gasteiger partial charge in [-0.25, -0.2) is 5.43 Å². The van der Waals surface area contributed by atoms with Gasteiger partial charge in [-0.3, -0.25) is 14.9 Å². The van der Waals surface area contributed by atoms with Crippen molar-refractivity contribution >= 4 is 17.8 Å². The molecule has 0 atom stereocenters. The summed E-state index contributed by atoms with van der Waals surface area (Å²) in [7, 11) is 1.64. The van der Waals surface area contributed by atoms with Crippen molar-refractivity contribution in [1.29, 1.82) is 0 Å². The number of methoxy groups -OCH3 is 1. The first-order valence-electron chi connectivity index (χ1n) is 8.19. The predicted molar refractivity (Wildman–Crippen MR) is 99.5 cm³/mol. The number of amides is 1. The van der Waals surface area contributed by atoms with E-state index in [1.807, 2.05) is 19.1 Å². The number of hydrogen-bond donors (Lipinski definition) is 1. The van der Waals surface area contributed by atoms with E-state index in [1.54, 1.807) is 19.2 Å². The lowest BCUT2D eigenvalue weighted by Gasteiger charge is -2.07. The van der Waals surface area contributed by atoms with E-state index >= 15 is 0 Å². The molecule has 0 bridgehead atoms. The normalized spacial score (nSPS) is 10.7. The molecule has 0 fully saturated rings. The molecular formula is C19H21N3O4. The molecule has 0 saturated heterocycles. The molecule has 1 N–H and O–H groups in total. The molecule has 0 aliphatic heterocycles. The molecule has 2 aromatic carbocycles. The average Bonchev–Trinajstić information content (AvgIpc) is 2.62. The van der Waals surface area contributed by atoms with Gasteiger partial charge in [0.15, 0.2) is 0 Å². The molecule has 136 valence electrons. The highest BCUT2D eigenvalue weighted by molar-refractivity contribution is 5.82. The zero-order valence-corrected chi connectivity index (χ0v) is 14.8. The van der Waals surface area contributed by atoms with Crippen molar-refractivity contribution in [1.82, 2.24) is 5.43 Å². The van der Waals surface area contributed by atoms with Gasteiger partial charge in [-0.05, 0) is 54.7 Å². The molecule has 1 amide bonds. The maximum absolute atomic E-state index is 11.8. The molecule has 0 saturated carbocycles. The number of nitrogens with zero attached hydrogens (tertiary/aromatic N) is 2. The van der Waals surface area contributed by atoms with E-state index in [1.165, 1.54) is 18.3 Å². The number of aryl methyl sites for hydroxylation is 2. The maximum Gasteiger partial charge on any atom is 0.269 e. The number of carbonyl (C=O) groups is 1. The second-order valence-electron chi connectivity index (χ2n) is 5.80. The minimum atomic E-state index is -0.465. The summed E-state index contributed by atoms with van der Waals surface area (Å²) in [5.74, 6) is 0.681. The summed E-state index contributed by atoms with van der Waals surface area (Å²) in [6.07, 6.45) is 3.33. The van der Waals surface area contributed by atoms with Gasteiger partial charge in [0, 0.05) is 18.6 Å². The van der Waals surface area contributed by atoms with Crippen LogP contribution in [0.3, 0.4) is 0 Å². The standard InChI is InChI=1S/C19H21N3O4/c1-14-12-15(8-11-18(14)26-2)4-3-5-19(23)21-20-13-16-6-9-17(10-7-16)22(24)25/h6-13H,3-5H2,1-2H3,(H,21,23)/b20-13+. The zero-order valence-electron chi connectivity index (χ0n) is 14.8. The Morgan fingerprint density at radius 3 is 2.62 bits per heavy atom. The van der Waals surface area contributed by atoms with Crippen LogP contribution in [0.5, 0.6) is 5.75 Å². The summed E-state index contributed by atoms with van der Waals surface area (Å²) >= 11 is 0. The highest BCUT2D eigenvalue weighted by atomic mass is 16.6. The molecule has 0 radical (unpaired) electrons. The van der Waals surface area contributed by atoms with Crippen LogP contribution in [-0.2, 0) is 11.2 Å². The van der Waals surface area contributed by atoms with Crippen LogP contribution >= 0.6 is 0 Å². The Morgan fingerprint density at radius 2 is 2.00 bits per heavy atom.